The molecule has 0 bridgehead atoms. The van der Waals surface area contributed by atoms with E-state index in [1.165, 1.54) is 32.1 Å². The van der Waals surface area contributed by atoms with E-state index in [-0.39, 0.29) is 12.8 Å². The molecule has 6 heteroatoms. The molecule has 1 heterocycles. The van der Waals surface area contributed by atoms with E-state index in [1.807, 2.05) is 0 Å². The van der Waals surface area contributed by atoms with Crippen molar-refractivity contribution in [1.82, 2.24) is 0 Å². The summed E-state index contributed by atoms with van der Waals surface area (Å²) < 4.78 is 15.7. The topological polar surface area (TPSA) is 61.8 Å². The van der Waals surface area contributed by atoms with Crippen LogP contribution in [0.15, 0.2) is 0 Å². The van der Waals surface area contributed by atoms with Crippen molar-refractivity contribution in [2.75, 3.05) is 13.2 Å². The van der Waals surface area contributed by atoms with Crippen LogP contribution >= 0.6 is 0 Å². The molecule has 0 unspecified atom stereocenters. The molecule has 0 aromatic heterocycles. The molecule has 5 nitrogen and oxygen atoms in total. The smallest absolute Gasteiger partial charge is 0.321 e. The van der Waals surface area contributed by atoms with Crippen molar-refractivity contribution in [2.24, 2.45) is 0 Å². The van der Waals surface area contributed by atoms with Crippen molar-refractivity contribution in [1.29, 1.82) is 0 Å². The third-order valence-corrected chi connectivity index (χ3v) is 5.15. The fraction of sp³-hybridized carbons (Fsp3) is 0.867. The van der Waals surface area contributed by atoms with Crippen LogP contribution in [0.1, 0.15) is 65.7 Å². The molecule has 0 N–H and O–H groups in total. The fourth-order valence-corrected chi connectivity index (χ4v) is 3.36. The Hall–Kier alpha value is -0.723. The standard InChI is InChI=1S/C11H26O2Si.C4H4O3/c1-4-7-9-12-14(11-6-3)13-10-8-5-2;5-3-1-2-4(6)7-3/h14H,4-11H2,1-3H3;1-2H2. The number of unbranched alkanes of at least 4 members (excludes halogenated alkanes) is 2. The summed E-state index contributed by atoms with van der Waals surface area (Å²) in [6, 6.07) is 1.16. The first-order valence-corrected chi connectivity index (χ1v) is 9.86. The van der Waals surface area contributed by atoms with Crippen molar-refractivity contribution >= 4 is 21.2 Å². The Morgan fingerprint density at radius 2 is 1.38 bits per heavy atom. The molecule has 0 aromatic carbocycles. The SMILES string of the molecule is CCCCO[SiH](CCC)OCCCC.O=C1CCC(=O)O1. The van der Waals surface area contributed by atoms with Gasteiger partial charge >= 0.3 is 21.2 Å². The van der Waals surface area contributed by atoms with Crippen molar-refractivity contribution in [3.63, 3.8) is 0 Å². The number of cyclic esters (lactones) is 2. The van der Waals surface area contributed by atoms with Gasteiger partial charge in [-0.05, 0) is 18.9 Å². The minimum absolute atomic E-state index is 0.263. The molecule has 1 aliphatic heterocycles. The Morgan fingerprint density at radius 3 is 1.67 bits per heavy atom. The summed E-state index contributed by atoms with van der Waals surface area (Å²) in [5.41, 5.74) is 0. The summed E-state index contributed by atoms with van der Waals surface area (Å²) in [4.78, 5) is 20.0. The van der Waals surface area contributed by atoms with Gasteiger partial charge in [-0.15, -0.1) is 0 Å². The number of ether oxygens (including phenoxy) is 1. The number of carbonyl (C=O) groups excluding carboxylic acids is 2. The van der Waals surface area contributed by atoms with Gasteiger partial charge in [-0.25, -0.2) is 0 Å². The molecule has 0 spiro atoms. The summed E-state index contributed by atoms with van der Waals surface area (Å²) in [6.07, 6.45) is 6.48. The zero-order valence-corrected chi connectivity index (χ0v) is 14.8. The molecule has 0 amide bonds. The Bertz CT molecular complexity index is 259. The van der Waals surface area contributed by atoms with E-state index in [1.54, 1.807) is 0 Å². The van der Waals surface area contributed by atoms with Crippen molar-refractivity contribution in [3.05, 3.63) is 0 Å². The van der Waals surface area contributed by atoms with Crippen molar-refractivity contribution < 1.29 is 23.2 Å². The Labute approximate surface area is 130 Å². The van der Waals surface area contributed by atoms with Gasteiger partial charge < -0.3 is 13.6 Å². The van der Waals surface area contributed by atoms with Gasteiger partial charge in [0.05, 0.1) is 12.8 Å². The summed E-state index contributed by atoms with van der Waals surface area (Å²) in [7, 11) is -1.30. The maximum absolute atomic E-state index is 10.0. The Balaban J connectivity index is 0.000000471. The third kappa shape index (κ3) is 12.7. The highest BCUT2D eigenvalue weighted by atomic mass is 28.3. The van der Waals surface area contributed by atoms with Gasteiger partial charge in [-0.2, -0.15) is 0 Å². The Kier molecular flexibility index (Phi) is 13.7. The van der Waals surface area contributed by atoms with Crippen LogP contribution < -0.4 is 0 Å². The van der Waals surface area contributed by atoms with Gasteiger partial charge in [-0.1, -0.05) is 40.0 Å². The highest BCUT2D eigenvalue weighted by Crippen LogP contribution is 2.04. The van der Waals surface area contributed by atoms with Crippen LogP contribution in [0.4, 0.5) is 0 Å². The predicted molar refractivity (Wildman–Crippen MR) is 84.3 cm³/mol. The van der Waals surface area contributed by atoms with Gasteiger partial charge in [0.25, 0.3) is 0 Å². The average molecular weight is 318 g/mol. The van der Waals surface area contributed by atoms with Gasteiger partial charge in [0.15, 0.2) is 0 Å². The number of hydrogen-bond donors (Lipinski definition) is 0. The lowest BCUT2D eigenvalue weighted by Gasteiger charge is -2.15. The fourth-order valence-electron chi connectivity index (χ4n) is 1.60. The quantitative estimate of drug-likeness (QED) is 0.268. The lowest BCUT2D eigenvalue weighted by Crippen LogP contribution is -2.23. The minimum atomic E-state index is -1.30. The van der Waals surface area contributed by atoms with E-state index in [4.69, 9.17) is 8.85 Å². The van der Waals surface area contributed by atoms with Crippen LogP contribution in [-0.4, -0.2) is 34.4 Å². The number of rotatable bonds is 10. The normalized spacial score (nSPS) is 14.1. The lowest BCUT2D eigenvalue weighted by molar-refractivity contribution is -0.151. The monoisotopic (exact) mass is 318 g/mol. The maximum atomic E-state index is 10.0. The van der Waals surface area contributed by atoms with Crippen LogP contribution in [-0.2, 0) is 23.2 Å². The van der Waals surface area contributed by atoms with Gasteiger partial charge in [-0.3, -0.25) is 9.59 Å². The molecule has 0 saturated carbocycles. The predicted octanol–water partition coefficient (Wildman–Crippen LogP) is 3.10. The number of esters is 2. The van der Waals surface area contributed by atoms with Crippen molar-refractivity contribution in [2.45, 2.75) is 71.8 Å². The van der Waals surface area contributed by atoms with Crippen LogP contribution in [0.25, 0.3) is 0 Å². The lowest BCUT2D eigenvalue weighted by atomic mass is 10.4. The highest BCUT2D eigenvalue weighted by Gasteiger charge is 2.19. The molecular formula is C15H30O5Si. The molecule has 0 atom stereocenters. The first kappa shape index (κ1) is 20.3. The van der Waals surface area contributed by atoms with E-state index in [2.05, 4.69) is 25.5 Å². The zero-order valence-electron chi connectivity index (χ0n) is 13.7. The molecule has 0 aliphatic carbocycles. The highest BCUT2D eigenvalue weighted by molar-refractivity contribution is 6.44. The molecule has 21 heavy (non-hydrogen) atoms. The number of hydrogen-bond acceptors (Lipinski definition) is 5. The largest absolute Gasteiger partial charge is 0.397 e. The van der Waals surface area contributed by atoms with Crippen LogP contribution in [0.2, 0.25) is 6.04 Å². The molecule has 1 rings (SSSR count). The molecule has 0 radical (unpaired) electrons. The first-order chi connectivity index (χ1) is 10.1. The van der Waals surface area contributed by atoms with Crippen LogP contribution in [0.5, 0.6) is 0 Å². The van der Waals surface area contributed by atoms with Crippen LogP contribution in [0, 0.1) is 0 Å². The van der Waals surface area contributed by atoms with E-state index < -0.39 is 21.2 Å². The average Bonchev–Trinajstić information content (AvgIpc) is 2.83. The Morgan fingerprint density at radius 1 is 0.905 bits per heavy atom. The first-order valence-electron chi connectivity index (χ1n) is 8.10. The summed E-state index contributed by atoms with van der Waals surface area (Å²) in [6.45, 7) is 8.39. The summed E-state index contributed by atoms with van der Waals surface area (Å²) in [5.74, 6) is -0.796. The molecule has 0 aromatic rings. The van der Waals surface area contributed by atoms with Crippen molar-refractivity contribution in [3.8, 4) is 0 Å². The number of carbonyl (C=O) groups is 2. The summed E-state index contributed by atoms with van der Waals surface area (Å²) in [5, 5.41) is 0. The van der Waals surface area contributed by atoms with E-state index in [0.29, 0.717) is 0 Å². The molecule has 1 saturated heterocycles. The van der Waals surface area contributed by atoms with Gasteiger partial charge in [0.1, 0.15) is 0 Å². The van der Waals surface area contributed by atoms with E-state index in [9.17, 15) is 9.59 Å². The second kappa shape index (κ2) is 14.2. The molecule has 1 fully saturated rings. The third-order valence-electron chi connectivity index (χ3n) is 2.89. The summed E-state index contributed by atoms with van der Waals surface area (Å²) >= 11 is 0. The molecule has 124 valence electrons. The molecule has 1 aliphatic rings. The maximum Gasteiger partial charge on any atom is 0.321 e. The molecular weight excluding hydrogens is 288 g/mol. The second-order valence-electron chi connectivity index (χ2n) is 5.01. The zero-order chi connectivity index (χ0) is 15.9. The van der Waals surface area contributed by atoms with E-state index in [0.717, 1.165) is 19.3 Å². The van der Waals surface area contributed by atoms with Gasteiger partial charge in [0.2, 0.25) is 0 Å². The van der Waals surface area contributed by atoms with Crippen LogP contribution in [0.3, 0.4) is 0 Å². The second-order valence-corrected chi connectivity index (χ2v) is 7.12. The van der Waals surface area contributed by atoms with Gasteiger partial charge in [0, 0.05) is 13.2 Å². The van der Waals surface area contributed by atoms with E-state index >= 15 is 0 Å². The minimum Gasteiger partial charge on any atom is -0.397 e.